The first kappa shape index (κ1) is 13.6. The van der Waals surface area contributed by atoms with Crippen LogP contribution in [0, 0.1) is 11.1 Å². The lowest BCUT2D eigenvalue weighted by Gasteiger charge is -2.33. The van der Waals surface area contributed by atoms with Crippen LogP contribution in [0.15, 0.2) is 24.4 Å². The molecule has 0 saturated carbocycles. The molecule has 19 heavy (non-hydrogen) atoms. The normalized spacial score (nSPS) is 20.4. The van der Waals surface area contributed by atoms with Crippen molar-refractivity contribution in [2.45, 2.75) is 19.0 Å². The Morgan fingerprint density at radius 1 is 1.42 bits per heavy atom. The fraction of sp³-hybridized carbons (Fsp3) is 0.500. The van der Waals surface area contributed by atoms with Crippen LogP contribution in [0.25, 0.3) is 0 Å². The summed E-state index contributed by atoms with van der Waals surface area (Å²) in [6, 6.07) is 4.28. The molecule has 1 aromatic heterocycles. The standard InChI is InChI=1S/C12H13F3N2O2/c13-12(14,15)9-4-3-6-16(8-9)11(18)10-5-1-2-7-17(10)19/h1-2,5,7,9H,3-4,6,8H2/t9-/m1/s1. The summed E-state index contributed by atoms with van der Waals surface area (Å²) in [5.74, 6) is -2.15. The third-order valence-corrected chi connectivity index (χ3v) is 3.21. The third kappa shape index (κ3) is 2.97. The molecule has 0 unspecified atom stereocenters. The zero-order valence-corrected chi connectivity index (χ0v) is 10.1. The van der Waals surface area contributed by atoms with Crippen molar-refractivity contribution in [3.05, 3.63) is 35.3 Å². The van der Waals surface area contributed by atoms with E-state index in [2.05, 4.69) is 0 Å². The van der Waals surface area contributed by atoms with Crippen LogP contribution in [0.2, 0.25) is 0 Å². The molecule has 7 heteroatoms. The lowest BCUT2D eigenvalue weighted by molar-refractivity contribution is -0.608. The van der Waals surface area contributed by atoms with Gasteiger partial charge >= 0.3 is 12.1 Å². The second-order valence-corrected chi connectivity index (χ2v) is 4.54. The van der Waals surface area contributed by atoms with E-state index in [4.69, 9.17) is 0 Å². The van der Waals surface area contributed by atoms with Gasteiger partial charge in [-0.05, 0) is 18.9 Å². The molecule has 0 aromatic carbocycles. The van der Waals surface area contributed by atoms with Gasteiger partial charge < -0.3 is 10.1 Å². The van der Waals surface area contributed by atoms with Crippen molar-refractivity contribution in [2.24, 2.45) is 5.92 Å². The molecular formula is C12H13F3N2O2. The second kappa shape index (κ2) is 5.07. The van der Waals surface area contributed by atoms with Crippen molar-refractivity contribution in [3.8, 4) is 0 Å². The number of piperidine rings is 1. The highest BCUT2D eigenvalue weighted by Gasteiger charge is 2.43. The van der Waals surface area contributed by atoms with Crippen molar-refractivity contribution >= 4 is 5.91 Å². The van der Waals surface area contributed by atoms with E-state index in [1.807, 2.05) is 0 Å². The van der Waals surface area contributed by atoms with Gasteiger partial charge in [-0.3, -0.25) is 4.79 Å². The number of likely N-dealkylation sites (tertiary alicyclic amines) is 1. The highest BCUT2D eigenvalue weighted by atomic mass is 19.4. The Bertz CT molecular complexity index is 476. The van der Waals surface area contributed by atoms with Gasteiger partial charge in [-0.15, -0.1) is 0 Å². The van der Waals surface area contributed by atoms with Gasteiger partial charge in [0, 0.05) is 25.2 Å². The molecular weight excluding hydrogens is 261 g/mol. The summed E-state index contributed by atoms with van der Waals surface area (Å²) in [6.45, 7) is -0.127. The maximum Gasteiger partial charge on any atom is 0.393 e. The Kier molecular flexibility index (Phi) is 3.64. The van der Waals surface area contributed by atoms with Crippen LogP contribution < -0.4 is 4.73 Å². The number of alkyl halides is 3. The molecule has 0 radical (unpaired) electrons. The van der Waals surface area contributed by atoms with E-state index in [-0.39, 0.29) is 25.2 Å². The monoisotopic (exact) mass is 274 g/mol. The zero-order valence-electron chi connectivity index (χ0n) is 10.1. The van der Waals surface area contributed by atoms with Gasteiger partial charge in [0.05, 0.1) is 5.92 Å². The fourth-order valence-electron chi connectivity index (χ4n) is 2.18. The predicted molar refractivity (Wildman–Crippen MR) is 60.1 cm³/mol. The average molecular weight is 274 g/mol. The lowest BCUT2D eigenvalue weighted by atomic mass is 9.97. The molecule has 0 aliphatic carbocycles. The molecule has 2 heterocycles. The average Bonchev–Trinajstić information content (AvgIpc) is 2.38. The van der Waals surface area contributed by atoms with E-state index < -0.39 is 18.0 Å². The number of hydrogen-bond donors (Lipinski definition) is 0. The molecule has 4 nitrogen and oxygen atoms in total. The first-order valence-electron chi connectivity index (χ1n) is 5.94. The largest absolute Gasteiger partial charge is 0.618 e. The van der Waals surface area contributed by atoms with Gasteiger partial charge in [-0.2, -0.15) is 17.9 Å². The summed E-state index contributed by atoms with van der Waals surface area (Å²) >= 11 is 0. The van der Waals surface area contributed by atoms with Crippen LogP contribution in [0.3, 0.4) is 0 Å². The minimum atomic E-state index is -4.30. The summed E-state index contributed by atoms with van der Waals surface area (Å²) in [6.07, 6.45) is -2.83. The van der Waals surface area contributed by atoms with Crippen LogP contribution in [-0.4, -0.2) is 30.1 Å². The van der Waals surface area contributed by atoms with Crippen molar-refractivity contribution in [1.29, 1.82) is 0 Å². The lowest BCUT2D eigenvalue weighted by Crippen LogP contribution is -2.48. The minimum absolute atomic E-state index is 0.0272. The molecule has 1 amide bonds. The van der Waals surface area contributed by atoms with Gasteiger partial charge in [-0.1, -0.05) is 0 Å². The van der Waals surface area contributed by atoms with E-state index in [0.29, 0.717) is 11.2 Å². The number of carbonyl (C=O) groups excluding carboxylic acids is 1. The Labute approximate surface area is 108 Å². The zero-order chi connectivity index (χ0) is 14.0. The molecule has 0 spiro atoms. The van der Waals surface area contributed by atoms with Gasteiger partial charge in [0.2, 0.25) is 0 Å². The van der Waals surface area contributed by atoms with Crippen molar-refractivity contribution in [2.75, 3.05) is 13.1 Å². The van der Waals surface area contributed by atoms with Gasteiger partial charge in [0.15, 0.2) is 6.20 Å². The number of aromatic nitrogens is 1. The Morgan fingerprint density at radius 3 is 2.79 bits per heavy atom. The molecule has 1 atom stereocenters. The quantitative estimate of drug-likeness (QED) is 0.578. The summed E-state index contributed by atoms with van der Waals surface area (Å²) in [5, 5.41) is 11.4. The molecule has 1 fully saturated rings. The minimum Gasteiger partial charge on any atom is -0.618 e. The number of amides is 1. The Hall–Kier alpha value is -1.79. The van der Waals surface area contributed by atoms with E-state index in [0.717, 1.165) is 11.1 Å². The van der Waals surface area contributed by atoms with E-state index in [9.17, 15) is 23.2 Å². The molecule has 0 N–H and O–H groups in total. The van der Waals surface area contributed by atoms with Crippen LogP contribution in [0.5, 0.6) is 0 Å². The predicted octanol–water partition coefficient (Wildman–Crippen LogP) is 1.73. The highest BCUT2D eigenvalue weighted by molar-refractivity contribution is 5.91. The van der Waals surface area contributed by atoms with Gasteiger partial charge in [0.25, 0.3) is 5.69 Å². The summed E-state index contributed by atoms with van der Waals surface area (Å²) in [4.78, 5) is 13.1. The number of hydrogen-bond acceptors (Lipinski definition) is 2. The third-order valence-electron chi connectivity index (χ3n) is 3.21. The number of nitrogens with zero attached hydrogens (tertiary/aromatic N) is 2. The maximum atomic E-state index is 12.7. The molecule has 1 aliphatic heterocycles. The van der Waals surface area contributed by atoms with Crippen molar-refractivity contribution < 1.29 is 22.7 Å². The van der Waals surface area contributed by atoms with E-state index in [1.54, 1.807) is 0 Å². The summed E-state index contributed by atoms with van der Waals surface area (Å²) in [7, 11) is 0. The number of pyridine rings is 1. The SMILES string of the molecule is O=C(c1cccc[n+]1[O-])N1CCC[C@@H](C(F)(F)F)C1. The number of rotatable bonds is 1. The molecule has 104 valence electrons. The number of halogens is 3. The molecule has 2 rings (SSSR count). The molecule has 1 saturated heterocycles. The highest BCUT2D eigenvalue weighted by Crippen LogP contribution is 2.33. The van der Waals surface area contributed by atoms with Gasteiger partial charge in [-0.25, -0.2) is 0 Å². The van der Waals surface area contributed by atoms with Crippen LogP contribution >= 0.6 is 0 Å². The summed E-state index contributed by atoms with van der Waals surface area (Å²) in [5.41, 5.74) is -0.148. The van der Waals surface area contributed by atoms with Crippen LogP contribution in [-0.2, 0) is 0 Å². The Balaban J connectivity index is 2.14. The topological polar surface area (TPSA) is 47.2 Å². The number of carbonyl (C=O) groups is 1. The molecule has 1 aliphatic rings. The van der Waals surface area contributed by atoms with Gasteiger partial charge in [0.1, 0.15) is 0 Å². The van der Waals surface area contributed by atoms with E-state index in [1.165, 1.54) is 18.2 Å². The maximum absolute atomic E-state index is 12.7. The fourth-order valence-corrected chi connectivity index (χ4v) is 2.18. The first-order valence-corrected chi connectivity index (χ1v) is 5.94. The summed E-state index contributed by atoms with van der Waals surface area (Å²) < 4.78 is 38.3. The van der Waals surface area contributed by atoms with E-state index >= 15 is 0 Å². The first-order chi connectivity index (χ1) is 8.89. The van der Waals surface area contributed by atoms with Crippen molar-refractivity contribution in [1.82, 2.24) is 4.90 Å². The molecule has 0 bridgehead atoms. The van der Waals surface area contributed by atoms with Crippen LogP contribution in [0.1, 0.15) is 23.3 Å². The van der Waals surface area contributed by atoms with Crippen molar-refractivity contribution in [3.63, 3.8) is 0 Å². The second-order valence-electron chi connectivity index (χ2n) is 4.54. The Morgan fingerprint density at radius 2 is 2.16 bits per heavy atom. The smallest absolute Gasteiger partial charge is 0.393 e. The van der Waals surface area contributed by atoms with Crippen LogP contribution in [0.4, 0.5) is 13.2 Å². The molecule has 1 aromatic rings.